The van der Waals surface area contributed by atoms with E-state index in [9.17, 15) is 14.4 Å². The van der Waals surface area contributed by atoms with E-state index in [1.54, 1.807) is 55.1 Å². The number of rotatable bonds is 7. The van der Waals surface area contributed by atoms with Gasteiger partial charge in [-0.15, -0.1) is 12.4 Å². The Labute approximate surface area is 252 Å². The molecule has 3 amide bonds. The summed E-state index contributed by atoms with van der Waals surface area (Å²) in [4.78, 5) is 44.6. The average molecular weight is 587 g/mol. The van der Waals surface area contributed by atoms with Gasteiger partial charge in [0.15, 0.2) is 0 Å². The largest absolute Gasteiger partial charge is 0.497 e. The molecule has 0 radical (unpaired) electrons. The minimum atomic E-state index is -0.969. The van der Waals surface area contributed by atoms with Crippen molar-refractivity contribution in [1.82, 2.24) is 10.6 Å². The van der Waals surface area contributed by atoms with Crippen molar-refractivity contribution in [2.24, 2.45) is 0 Å². The predicted octanol–water partition coefficient (Wildman–Crippen LogP) is 4.86. The zero-order chi connectivity index (χ0) is 29.1. The summed E-state index contributed by atoms with van der Waals surface area (Å²) in [5.41, 5.74) is 3.70. The number of nitrogens with zero attached hydrogens (tertiary/aromatic N) is 2. The third kappa shape index (κ3) is 5.95. The van der Waals surface area contributed by atoms with Crippen LogP contribution in [-0.4, -0.2) is 50.5 Å². The number of amides is 3. The van der Waals surface area contributed by atoms with Crippen molar-refractivity contribution in [2.75, 3.05) is 30.5 Å². The van der Waals surface area contributed by atoms with E-state index in [0.29, 0.717) is 22.7 Å². The number of anilines is 2. The Morgan fingerprint density at radius 3 is 2.31 bits per heavy atom. The number of hydrogen-bond acceptors (Lipinski definition) is 5. The number of nitrogens with one attached hydrogen (secondary N) is 2. The Hall–Kier alpha value is -4.40. The summed E-state index contributed by atoms with van der Waals surface area (Å²) in [6.45, 7) is 4.02. The lowest BCUT2D eigenvalue weighted by molar-refractivity contribution is -0.128. The molecule has 1 aliphatic rings. The summed E-state index contributed by atoms with van der Waals surface area (Å²) in [7, 11) is 3.25. The van der Waals surface area contributed by atoms with Gasteiger partial charge in [-0.05, 0) is 79.2 Å². The lowest BCUT2D eigenvalue weighted by atomic mass is 9.99. The number of carbonyl (C=O) groups is 3. The van der Waals surface area contributed by atoms with Gasteiger partial charge in [-0.25, -0.2) is 0 Å². The van der Waals surface area contributed by atoms with E-state index in [1.807, 2.05) is 49.4 Å². The maximum absolute atomic E-state index is 14.3. The molecule has 8 nitrogen and oxygen atoms in total. The fourth-order valence-corrected chi connectivity index (χ4v) is 5.18. The number of likely N-dealkylation sites (N-methyl/N-ethyl adjacent to an activating group) is 1. The van der Waals surface area contributed by atoms with Gasteiger partial charge in [0, 0.05) is 5.56 Å². The van der Waals surface area contributed by atoms with Gasteiger partial charge in [0.25, 0.3) is 11.8 Å². The molecular formula is C33H35ClN4O4. The van der Waals surface area contributed by atoms with Crippen LogP contribution in [0.4, 0.5) is 11.4 Å². The van der Waals surface area contributed by atoms with Crippen molar-refractivity contribution >= 4 is 52.3 Å². The van der Waals surface area contributed by atoms with Crippen molar-refractivity contribution < 1.29 is 19.1 Å². The number of carbonyl (C=O) groups excluding carboxylic acids is 3. The van der Waals surface area contributed by atoms with E-state index in [2.05, 4.69) is 28.8 Å². The maximum Gasteiger partial charge on any atom is 0.258 e. The number of aryl methyl sites for hydroxylation is 1. The third-order valence-electron chi connectivity index (χ3n) is 7.71. The number of para-hydroxylation sites is 2. The molecule has 0 aliphatic carbocycles. The van der Waals surface area contributed by atoms with Gasteiger partial charge in [-0.2, -0.15) is 0 Å². The van der Waals surface area contributed by atoms with Crippen LogP contribution in [0.1, 0.15) is 28.4 Å². The van der Waals surface area contributed by atoms with Crippen molar-refractivity contribution in [2.45, 2.75) is 32.5 Å². The van der Waals surface area contributed by atoms with E-state index < -0.39 is 12.1 Å². The standard InChI is InChI=1S/C33H34N4O4.ClH/c1-21-13-14-23-9-5-6-10-26(23)27(21)19-36-29-11-7-8-12-30(29)37(32(39)24-15-17-25(41-4)18-16-24)20-28(33(36)40)35-31(38)22(2)34-3;/h5-18,22,28,34H,19-20H2,1-4H3,(H,35,38);1H/t22-,28-;/m0./s1. The van der Waals surface area contributed by atoms with Crippen LogP contribution in [0.25, 0.3) is 10.8 Å². The quantitative estimate of drug-likeness (QED) is 0.323. The molecule has 1 aliphatic heterocycles. The van der Waals surface area contributed by atoms with Gasteiger partial charge in [0.1, 0.15) is 11.8 Å². The molecular weight excluding hydrogens is 552 g/mol. The van der Waals surface area contributed by atoms with Crippen LogP contribution in [0.2, 0.25) is 0 Å². The number of fused-ring (bicyclic) bond motifs is 2. The van der Waals surface area contributed by atoms with E-state index >= 15 is 0 Å². The van der Waals surface area contributed by atoms with E-state index in [1.165, 1.54) is 0 Å². The number of benzene rings is 4. The Balaban J connectivity index is 0.00000405. The Bertz CT molecular complexity index is 1610. The monoisotopic (exact) mass is 586 g/mol. The second-order valence-corrected chi connectivity index (χ2v) is 10.2. The zero-order valence-corrected chi connectivity index (χ0v) is 24.9. The molecule has 2 N–H and O–H groups in total. The molecule has 1 heterocycles. The van der Waals surface area contributed by atoms with Gasteiger partial charge >= 0.3 is 0 Å². The van der Waals surface area contributed by atoms with Gasteiger partial charge in [-0.3, -0.25) is 14.4 Å². The number of hydrogen-bond donors (Lipinski definition) is 2. The van der Waals surface area contributed by atoms with E-state index in [0.717, 1.165) is 21.9 Å². The first kappa shape index (κ1) is 30.6. The highest BCUT2D eigenvalue weighted by molar-refractivity contribution is 6.13. The molecule has 0 aromatic heterocycles. The molecule has 0 bridgehead atoms. The first-order chi connectivity index (χ1) is 19.8. The van der Waals surface area contributed by atoms with Crippen molar-refractivity contribution in [1.29, 1.82) is 0 Å². The Kier molecular flexibility index (Phi) is 9.50. The van der Waals surface area contributed by atoms with Crippen LogP contribution in [-0.2, 0) is 16.1 Å². The molecule has 4 aromatic rings. The number of methoxy groups -OCH3 is 1. The van der Waals surface area contributed by atoms with Gasteiger partial charge in [0.2, 0.25) is 5.91 Å². The minimum Gasteiger partial charge on any atom is -0.497 e. The minimum absolute atomic E-state index is 0. The summed E-state index contributed by atoms with van der Waals surface area (Å²) in [5, 5.41) is 7.96. The summed E-state index contributed by atoms with van der Waals surface area (Å²) < 4.78 is 5.26. The third-order valence-corrected chi connectivity index (χ3v) is 7.71. The van der Waals surface area contributed by atoms with Crippen LogP contribution >= 0.6 is 12.4 Å². The molecule has 0 spiro atoms. The van der Waals surface area contributed by atoms with Crippen LogP contribution in [0, 0.1) is 6.92 Å². The fraction of sp³-hybridized carbons (Fsp3) is 0.242. The first-order valence-corrected chi connectivity index (χ1v) is 13.6. The van der Waals surface area contributed by atoms with Crippen molar-refractivity contribution in [3.8, 4) is 5.75 Å². The zero-order valence-electron chi connectivity index (χ0n) is 24.1. The smallest absolute Gasteiger partial charge is 0.258 e. The lowest BCUT2D eigenvalue weighted by Crippen LogP contribution is -2.55. The number of ether oxygens (including phenoxy) is 1. The molecule has 4 aromatic carbocycles. The molecule has 42 heavy (non-hydrogen) atoms. The molecule has 2 atom stereocenters. The highest BCUT2D eigenvalue weighted by Crippen LogP contribution is 2.36. The Morgan fingerprint density at radius 1 is 0.952 bits per heavy atom. The molecule has 9 heteroatoms. The van der Waals surface area contributed by atoms with Crippen molar-refractivity contribution in [3.63, 3.8) is 0 Å². The molecule has 0 saturated carbocycles. The number of halogens is 1. The van der Waals surface area contributed by atoms with Gasteiger partial charge < -0.3 is 25.2 Å². The molecule has 0 unspecified atom stereocenters. The van der Waals surface area contributed by atoms with Gasteiger partial charge in [-0.1, -0.05) is 48.5 Å². The van der Waals surface area contributed by atoms with Gasteiger partial charge in [0.05, 0.1) is 37.6 Å². The fourth-order valence-electron chi connectivity index (χ4n) is 5.18. The van der Waals surface area contributed by atoms with Crippen LogP contribution in [0.5, 0.6) is 5.75 Å². The average Bonchev–Trinajstić information content (AvgIpc) is 3.12. The SMILES string of the molecule is CN[C@@H](C)C(=O)N[C@H]1CN(C(=O)c2ccc(OC)cc2)c2ccccc2N(Cc2c(C)ccc3ccccc23)C1=O.Cl. The summed E-state index contributed by atoms with van der Waals surface area (Å²) in [6, 6.07) is 25.0. The molecule has 0 saturated heterocycles. The molecule has 0 fully saturated rings. The van der Waals surface area contributed by atoms with Crippen LogP contribution < -0.4 is 25.2 Å². The second-order valence-electron chi connectivity index (χ2n) is 10.2. The Morgan fingerprint density at radius 2 is 1.62 bits per heavy atom. The lowest BCUT2D eigenvalue weighted by Gasteiger charge is -2.27. The first-order valence-electron chi connectivity index (χ1n) is 13.6. The highest BCUT2D eigenvalue weighted by Gasteiger charge is 2.38. The summed E-state index contributed by atoms with van der Waals surface area (Å²) in [6.07, 6.45) is 0. The van der Waals surface area contributed by atoms with Crippen LogP contribution in [0.3, 0.4) is 0 Å². The summed E-state index contributed by atoms with van der Waals surface area (Å²) >= 11 is 0. The second kappa shape index (κ2) is 13.1. The normalized spacial score (nSPS) is 15.3. The topological polar surface area (TPSA) is 91.0 Å². The molecule has 218 valence electrons. The predicted molar refractivity (Wildman–Crippen MR) is 169 cm³/mol. The van der Waals surface area contributed by atoms with Crippen molar-refractivity contribution in [3.05, 3.63) is 102 Å². The highest BCUT2D eigenvalue weighted by atomic mass is 35.5. The van der Waals surface area contributed by atoms with E-state index in [-0.39, 0.29) is 43.2 Å². The maximum atomic E-state index is 14.3. The van der Waals surface area contributed by atoms with Crippen LogP contribution in [0.15, 0.2) is 84.9 Å². The van der Waals surface area contributed by atoms with E-state index in [4.69, 9.17) is 4.74 Å². The summed E-state index contributed by atoms with van der Waals surface area (Å²) in [5.74, 6) is -0.255. The molecule has 5 rings (SSSR count).